The molecule has 2 aliphatic rings. The minimum Gasteiger partial charge on any atom is -0.497 e. The van der Waals surface area contributed by atoms with Gasteiger partial charge < -0.3 is 9.26 Å². The smallest absolute Gasteiger partial charge is 0.245 e. The molecule has 2 N–H and O–H groups in total. The molecule has 0 saturated carbocycles. The molecule has 0 spiro atoms. The van der Waals surface area contributed by atoms with Crippen LogP contribution in [0.2, 0.25) is 0 Å². The SMILES string of the molecule is COc1ccc2c(c1)CCC1C(c3nc(-c4cccnc4)no3)NNC21. The number of nitrogens with one attached hydrogen (secondary N) is 2. The Bertz CT molecular complexity index is 927. The van der Waals surface area contributed by atoms with Gasteiger partial charge in [-0.15, -0.1) is 0 Å². The zero-order valence-electron chi connectivity index (χ0n) is 14.3. The van der Waals surface area contributed by atoms with E-state index >= 15 is 0 Å². The van der Waals surface area contributed by atoms with E-state index in [9.17, 15) is 0 Å². The Balaban J connectivity index is 1.42. The van der Waals surface area contributed by atoms with Gasteiger partial charge in [0, 0.05) is 23.9 Å². The molecule has 2 aromatic heterocycles. The van der Waals surface area contributed by atoms with E-state index in [1.807, 2.05) is 18.2 Å². The maximum atomic E-state index is 5.57. The number of benzene rings is 1. The van der Waals surface area contributed by atoms with Crippen LogP contribution in [-0.4, -0.2) is 22.2 Å². The van der Waals surface area contributed by atoms with Crippen molar-refractivity contribution in [2.45, 2.75) is 24.9 Å². The average molecular weight is 349 g/mol. The predicted molar refractivity (Wildman–Crippen MR) is 94.1 cm³/mol. The van der Waals surface area contributed by atoms with Gasteiger partial charge >= 0.3 is 0 Å². The zero-order valence-corrected chi connectivity index (χ0v) is 14.3. The van der Waals surface area contributed by atoms with Crippen molar-refractivity contribution in [1.29, 1.82) is 0 Å². The number of hydrogen-bond donors (Lipinski definition) is 2. The van der Waals surface area contributed by atoms with Crippen LogP contribution in [-0.2, 0) is 6.42 Å². The maximum Gasteiger partial charge on any atom is 0.245 e. The number of aromatic nitrogens is 3. The second-order valence-corrected chi connectivity index (χ2v) is 6.71. The summed E-state index contributed by atoms with van der Waals surface area (Å²) in [7, 11) is 1.70. The normalized spacial score (nSPS) is 24.1. The molecule has 7 heteroatoms. The summed E-state index contributed by atoms with van der Waals surface area (Å²) in [5, 5.41) is 4.13. The summed E-state index contributed by atoms with van der Waals surface area (Å²) < 4.78 is 10.9. The molecular weight excluding hydrogens is 330 g/mol. The Kier molecular flexibility index (Phi) is 3.69. The fourth-order valence-electron chi connectivity index (χ4n) is 4.00. The minimum atomic E-state index is -0.00632. The van der Waals surface area contributed by atoms with Gasteiger partial charge in [-0.1, -0.05) is 11.2 Å². The first-order valence-electron chi connectivity index (χ1n) is 8.75. The first kappa shape index (κ1) is 15.5. The molecule has 7 nitrogen and oxygen atoms in total. The van der Waals surface area contributed by atoms with Gasteiger partial charge in [0.25, 0.3) is 0 Å². The van der Waals surface area contributed by atoms with E-state index in [1.54, 1.807) is 19.5 Å². The van der Waals surface area contributed by atoms with Crippen LogP contribution in [0.15, 0.2) is 47.2 Å². The highest BCUT2D eigenvalue weighted by molar-refractivity contribution is 5.52. The molecule has 1 aliphatic heterocycles. The Labute approximate surface area is 150 Å². The summed E-state index contributed by atoms with van der Waals surface area (Å²) in [5.74, 6) is 2.45. The van der Waals surface area contributed by atoms with Gasteiger partial charge in [0.2, 0.25) is 11.7 Å². The molecule has 3 atom stereocenters. The highest BCUT2D eigenvalue weighted by Crippen LogP contribution is 2.44. The lowest BCUT2D eigenvalue weighted by Crippen LogP contribution is -2.27. The van der Waals surface area contributed by atoms with Crippen LogP contribution >= 0.6 is 0 Å². The molecule has 3 aromatic rings. The lowest BCUT2D eigenvalue weighted by atomic mass is 9.77. The Morgan fingerprint density at radius 1 is 1.19 bits per heavy atom. The topological polar surface area (TPSA) is 85.1 Å². The molecule has 5 rings (SSSR count). The monoisotopic (exact) mass is 349 g/mol. The van der Waals surface area contributed by atoms with Gasteiger partial charge in [0.05, 0.1) is 13.2 Å². The van der Waals surface area contributed by atoms with E-state index in [-0.39, 0.29) is 12.1 Å². The van der Waals surface area contributed by atoms with Gasteiger partial charge in [0.15, 0.2) is 0 Å². The van der Waals surface area contributed by atoms with Crippen molar-refractivity contribution in [2.75, 3.05) is 7.11 Å². The summed E-state index contributed by atoms with van der Waals surface area (Å²) in [4.78, 5) is 8.71. The summed E-state index contributed by atoms with van der Waals surface area (Å²) in [5.41, 5.74) is 10.3. The minimum absolute atomic E-state index is 0.00632. The van der Waals surface area contributed by atoms with E-state index in [0.29, 0.717) is 17.6 Å². The summed E-state index contributed by atoms with van der Waals surface area (Å²) in [6.07, 6.45) is 5.52. The van der Waals surface area contributed by atoms with Crippen LogP contribution in [0.3, 0.4) is 0 Å². The standard InChI is InChI=1S/C19H19N5O2/c1-25-13-5-7-14-11(9-13)4-6-15-16(14)22-23-17(15)19-21-18(24-26-19)12-3-2-8-20-10-12/h2-3,5,7-10,15-17,22-23H,4,6H2,1H3. The third kappa shape index (κ3) is 2.48. The third-order valence-electron chi connectivity index (χ3n) is 5.31. The van der Waals surface area contributed by atoms with Crippen LogP contribution in [0.25, 0.3) is 11.4 Å². The molecule has 0 amide bonds. The number of rotatable bonds is 3. The van der Waals surface area contributed by atoms with Crippen molar-refractivity contribution < 1.29 is 9.26 Å². The van der Waals surface area contributed by atoms with Gasteiger partial charge in [-0.2, -0.15) is 4.98 Å². The van der Waals surface area contributed by atoms with E-state index in [2.05, 4.69) is 38.1 Å². The fraction of sp³-hybridized carbons (Fsp3) is 0.316. The largest absolute Gasteiger partial charge is 0.497 e. The molecule has 1 saturated heterocycles. The number of pyridine rings is 1. The fourth-order valence-corrected chi connectivity index (χ4v) is 4.00. The number of methoxy groups -OCH3 is 1. The van der Waals surface area contributed by atoms with Crippen LogP contribution in [0, 0.1) is 5.92 Å². The average Bonchev–Trinajstić information content (AvgIpc) is 3.35. The predicted octanol–water partition coefficient (Wildman–Crippen LogP) is 2.59. The Morgan fingerprint density at radius 3 is 2.96 bits per heavy atom. The van der Waals surface area contributed by atoms with Crippen molar-refractivity contribution in [3.8, 4) is 17.1 Å². The number of hydrogen-bond acceptors (Lipinski definition) is 7. The van der Waals surface area contributed by atoms with Gasteiger partial charge in [0.1, 0.15) is 11.8 Å². The number of hydrazine groups is 1. The van der Waals surface area contributed by atoms with Crippen LogP contribution in [0.1, 0.15) is 35.5 Å². The second kappa shape index (κ2) is 6.19. The molecule has 132 valence electrons. The molecule has 1 aromatic carbocycles. The van der Waals surface area contributed by atoms with Crippen molar-refractivity contribution in [3.05, 3.63) is 59.7 Å². The molecule has 3 unspecified atom stereocenters. The van der Waals surface area contributed by atoms with E-state index in [4.69, 9.17) is 9.26 Å². The van der Waals surface area contributed by atoms with Gasteiger partial charge in [-0.3, -0.25) is 4.98 Å². The van der Waals surface area contributed by atoms with Gasteiger partial charge in [-0.05, 0) is 48.2 Å². The van der Waals surface area contributed by atoms with E-state index < -0.39 is 0 Å². The number of fused-ring (bicyclic) bond motifs is 3. The number of aryl methyl sites for hydroxylation is 1. The molecule has 26 heavy (non-hydrogen) atoms. The zero-order chi connectivity index (χ0) is 17.5. The van der Waals surface area contributed by atoms with Crippen LogP contribution < -0.4 is 15.6 Å². The summed E-state index contributed by atoms with van der Waals surface area (Å²) in [6, 6.07) is 10.3. The third-order valence-corrected chi connectivity index (χ3v) is 5.31. The summed E-state index contributed by atoms with van der Waals surface area (Å²) >= 11 is 0. The first-order valence-corrected chi connectivity index (χ1v) is 8.75. The molecule has 0 bridgehead atoms. The number of nitrogens with zero attached hydrogens (tertiary/aromatic N) is 3. The first-order chi connectivity index (χ1) is 12.8. The van der Waals surface area contributed by atoms with Crippen molar-refractivity contribution in [3.63, 3.8) is 0 Å². The second-order valence-electron chi connectivity index (χ2n) is 6.71. The molecule has 0 radical (unpaired) electrons. The molecule has 1 aliphatic carbocycles. The number of ether oxygens (including phenoxy) is 1. The van der Waals surface area contributed by atoms with Crippen molar-refractivity contribution in [1.82, 2.24) is 26.0 Å². The lowest BCUT2D eigenvalue weighted by molar-refractivity contribution is 0.290. The van der Waals surface area contributed by atoms with E-state index in [1.165, 1.54) is 11.1 Å². The van der Waals surface area contributed by atoms with Crippen molar-refractivity contribution >= 4 is 0 Å². The maximum absolute atomic E-state index is 5.57. The van der Waals surface area contributed by atoms with Crippen LogP contribution in [0.5, 0.6) is 5.75 Å². The Hall–Kier alpha value is -2.77. The highest BCUT2D eigenvalue weighted by atomic mass is 16.5. The van der Waals surface area contributed by atoms with Crippen molar-refractivity contribution in [2.24, 2.45) is 5.92 Å². The Morgan fingerprint density at radius 2 is 2.12 bits per heavy atom. The van der Waals surface area contributed by atoms with Gasteiger partial charge in [-0.25, -0.2) is 10.9 Å². The molecule has 3 heterocycles. The quantitative estimate of drug-likeness (QED) is 0.752. The molecule has 1 fully saturated rings. The molecular formula is C19H19N5O2. The summed E-state index contributed by atoms with van der Waals surface area (Å²) in [6.45, 7) is 0. The van der Waals surface area contributed by atoms with E-state index in [0.717, 1.165) is 24.2 Å². The van der Waals surface area contributed by atoms with Crippen LogP contribution in [0.4, 0.5) is 0 Å². The lowest BCUT2D eigenvalue weighted by Gasteiger charge is -2.29. The highest BCUT2D eigenvalue weighted by Gasteiger charge is 2.43.